The van der Waals surface area contributed by atoms with Gasteiger partial charge >= 0.3 is 6.18 Å². The van der Waals surface area contributed by atoms with Crippen LogP contribution in [0.5, 0.6) is 5.75 Å². The SMILES string of the molecule is COc1cccc([C@@](C)(N[S@@](=O)C(C)(C)C)C(F)(F)F)c1. The molecule has 0 saturated heterocycles. The van der Waals surface area contributed by atoms with Gasteiger partial charge in [-0.2, -0.15) is 13.2 Å². The van der Waals surface area contributed by atoms with Crippen LogP contribution in [-0.2, 0) is 16.5 Å². The van der Waals surface area contributed by atoms with Gasteiger partial charge in [-0.3, -0.25) is 0 Å². The average Bonchev–Trinajstić information content (AvgIpc) is 2.36. The second-order valence-corrected chi connectivity index (χ2v) is 7.80. The first-order chi connectivity index (χ1) is 9.41. The summed E-state index contributed by atoms with van der Waals surface area (Å²) < 4.78 is 59.1. The molecule has 0 heterocycles. The van der Waals surface area contributed by atoms with Crippen LogP contribution in [0, 0.1) is 0 Å². The van der Waals surface area contributed by atoms with Gasteiger partial charge in [-0.1, -0.05) is 12.1 Å². The number of benzene rings is 1. The maximum atomic E-state index is 13.5. The molecule has 0 fully saturated rings. The van der Waals surface area contributed by atoms with Crippen molar-refractivity contribution in [3.63, 3.8) is 0 Å². The quantitative estimate of drug-likeness (QED) is 0.920. The number of rotatable bonds is 4. The number of ether oxygens (including phenoxy) is 1. The third-order valence-electron chi connectivity index (χ3n) is 3.07. The van der Waals surface area contributed by atoms with Gasteiger partial charge < -0.3 is 4.74 Å². The van der Waals surface area contributed by atoms with E-state index in [0.29, 0.717) is 5.75 Å². The third kappa shape index (κ3) is 3.97. The van der Waals surface area contributed by atoms with Gasteiger partial charge in [0.1, 0.15) is 11.3 Å². The Morgan fingerprint density at radius 1 is 1.14 bits per heavy atom. The Balaban J connectivity index is 3.31. The summed E-state index contributed by atoms with van der Waals surface area (Å²) in [5.41, 5.74) is -2.48. The van der Waals surface area contributed by atoms with Crippen molar-refractivity contribution in [3.8, 4) is 5.75 Å². The molecule has 0 bridgehead atoms. The molecule has 7 heteroatoms. The lowest BCUT2D eigenvalue weighted by atomic mass is 9.92. The molecule has 0 aliphatic rings. The molecule has 0 saturated carbocycles. The summed E-state index contributed by atoms with van der Waals surface area (Å²) in [4.78, 5) is 0. The molecule has 0 aliphatic heterocycles. The summed E-state index contributed by atoms with van der Waals surface area (Å²) in [6.45, 7) is 5.81. The first kappa shape index (κ1) is 18.0. The highest BCUT2D eigenvalue weighted by molar-refractivity contribution is 7.84. The van der Waals surface area contributed by atoms with E-state index in [-0.39, 0.29) is 5.56 Å². The first-order valence-electron chi connectivity index (χ1n) is 6.33. The number of alkyl halides is 3. The lowest BCUT2D eigenvalue weighted by Gasteiger charge is -2.35. The standard InChI is InChI=1S/C14H20F3NO2S/c1-12(2,3)21(19)18-13(4,14(15,16)17)10-7-6-8-11(9-10)20-5/h6-9,18H,1-5H3/t13-,21+/m1/s1. The van der Waals surface area contributed by atoms with Gasteiger partial charge in [-0.15, -0.1) is 0 Å². The number of halogens is 3. The van der Waals surface area contributed by atoms with Gasteiger partial charge in [0.2, 0.25) is 0 Å². The van der Waals surface area contributed by atoms with E-state index in [4.69, 9.17) is 4.74 Å². The van der Waals surface area contributed by atoms with Crippen LogP contribution in [0.2, 0.25) is 0 Å². The van der Waals surface area contributed by atoms with Crippen LogP contribution in [0.4, 0.5) is 13.2 Å². The summed E-state index contributed by atoms with van der Waals surface area (Å²) in [5.74, 6) is 0.311. The number of hydrogen-bond acceptors (Lipinski definition) is 2. The fraction of sp³-hybridized carbons (Fsp3) is 0.571. The minimum absolute atomic E-state index is 0.0491. The van der Waals surface area contributed by atoms with E-state index in [1.165, 1.54) is 25.3 Å². The van der Waals surface area contributed by atoms with Crippen LogP contribution in [-0.4, -0.2) is 22.2 Å². The smallest absolute Gasteiger partial charge is 0.411 e. The lowest BCUT2D eigenvalue weighted by molar-refractivity contribution is -0.189. The monoisotopic (exact) mass is 323 g/mol. The molecule has 1 N–H and O–H groups in total. The summed E-state index contributed by atoms with van der Waals surface area (Å²) in [7, 11) is -0.493. The molecule has 21 heavy (non-hydrogen) atoms. The fourth-order valence-electron chi connectivity index (χ4n) is 1.55. The molecular formula is C14H20F3NO2S. The Morgan fingerprint density at radius 2 is 1.71 bits per heavy atom. The molecule has 0 spiro atoms. The Bertz CT molecular complexity index is 526. The van der Waals surface area contributed by atoms with E-state index in [0.717, 1.165) is 6.92 Å². The molecular weight excluding hydrogens is 303 g/mol. The van der Waals surface area contributed by atoms with E-state index >= 15 is 0 Å². The highest BCUT2D eigenvalue weighted by atomic mass is 32.2. The molecule has 0 radical (unpaired) electrons. The van der Waals surface area contributed by atoms with Crippen molar-refractivity contribution in [2.75, 3.05) is 7.11 Å². The zero-order chi connectivity index (χ0) is 16.5. The largest absolute Gasteiger partial charge is 0.497 e. The molecule has 0 aromatic heterocycles. The zero-order valence-corrected chi connectivity index (χ0v) is 13.5. The topological polar surface area (TPSA) is 38.3 Å². The summed E-state index contributed by atoms with van der Waals surface area (Å²) in [5, 5.41) is 0. The number of hydrogen-bond donors (Lipinski definition) is 1. The van der Waals surface area contributed by atoms with Crippen LogP contribution in [0.1, 0.15) is 33.3 Å². The van der Waals surface area contributed by atoms with E-state index in [2.05, 4.69) is 4.72 Å². The van der Waals surface area contributed by atoms with Crippen molar-refractivity contribution in [1.29, 1.82) is 0 Å². The van der Waals surface area contributed by atoms with E-state index in [9.17, 15) is 17.4 Å². The summed E-state index contributed by atoms with van der Waals surface area (Å²) in [6.07, 6.45) is -4.61. The van der Waals surface area contributed by atoms with Gasteiger partial charge in [-0.25, -0.2) is 8.93 Å². The van der Waals surface area contributed by atoms with Crippen molar-refractivity contribution in [1.82, 2.24) is 4.72 Å². The Labute approximate surface area is 125 Å². The minimum Gasteiger partial charge on any atom is -0.497 e. The molecule has 1 rings (SSSR count). The van der Waals surface area contributed by atoms with Crippen molar-refractivity contribution < 1.29 is 22.1 Å². The lowest BCUT2D eigenvalue weighted by Crippen LogP contribution is -2.54. The Hall–Kier alpha value is -1.08. The van der Waals surface area contributed by atoms with Gasteiger partial charge in [0.25, 0.3) is 0 Å². The van der Waals surface area contributed by atoms with Gasteiger partial charge in [0, 0.05) is 0 Å². The third-order valence-corrected chi connectivity index (χ3v) is 4.77. The normalized spacial score (nSPS) is 17.1. The number of methoxy groups -OCH3 is 1. The second-order valence-electron chi connectivity index (χ2n) is 5.84. The van der Waals surface area contributed by atoms with Crippen molar-refractivity contribution in [3.05, 3.63) is 29.8 Å². The summed E-state index contributed by atoms with van der Waals surface area (Å²) in [6, 6.07) is 5.66. The Morgan fingerprint density at radius 3 is 2.14 bits per heavy atom. The van der Waals surface area contributed by atoms with Crippen LogP contribution < -0.4 is 9.46 Å². The molecule has 0 aliphatic carbocycles. The molecule has 2 atom stereocenters. The molecule has 0 unspecified atom stereocenters. The fourth-order valence-corrected chi connectivity index (χ4v) is 2.46. The molecule has 0 amide bonds. The van der Waals surface area contributed by atoms with Crippen molar-refractivity contribution in [2.45, 2.75) is 44.2 Å². The average molecular weight is 323 g/mol. The highest BCUT2D eigenvalue weighted by Gasteiger charge is 2.54. The van der Waals surface area contributed by atoms with E-state index < -0.39 is 27.4 Å². The molecule has 3 nitrogen and oxygen atoms in total. The molecule has 1 aromatic rings. The van der Waals surface area contributed by atoms with Gasteiger partial charge in [0.15, 0.2) is 0 Å². The van der Waals surface area contributed by atoms with Crippen molar-refractivity contribution >= 4 is 11.0 Å². The van der Waals surface area contributed by atoms with Crippen LogP contribution >= 0.6 is 0 Å². The molecule has 120 valence electrons. The van der Waals surface area contributed by atoms with E-state index in [1.54, 1.807) is 26.8 Å². The summed E-state index contributed by atoms with van der Waals surface area (Å²) >= 11 is 0. The molecule has 1 aromatic carbocycles. The predicted molar refractivity (Wildman–Crippen MR) is 77.4 cm³/mol. The van der Waals surface area contributed by atoms with Crippen LogP contribution in [0.15, 0.2) is 24.3 Å². The van der Waals surface area contributed by atoms with Crippen LogP contribution in [0.25, 0.3) is 0 Å². The minimum atomic E-state index is -4.61. The highest BCUT2D eigenvalue weighted by Crippen LogP contribution is 2.40. The van der Waals surface area contributed by atoms with Crippen LogP contribution in [0.3, 0.4) is 0 Å². The predicted octanol–water partition coefficient (Wildman–Crippen LogP) is 3.52. The van der Waals surface area contributed by atoms with Crippen molar-refractivity contribution in [2.24, 2.45) is 0 Å². The van der Waals surface area contributed by atoms with E-state index in [1.807, 2.05) is 0 Å². The van der Waals surface area contributed by atoms with Gasteiger partial charge in [0.05, 0.1) is 22.8 Å². The number of nitrogens with one attached hydrogen (secondary N) is 1. The first-order valence-corrected chi connectivity index (χ1v) is 7.48. The van der Waals surface area contributed by atoms with Gasteiger partial charge in [-0.05, 0) is 45.4 Å². The maximum absolute atomic E-state index is 13.5. The Kier molecular flexibility index (Phi) is 5.10. The maximum Gasteiger partial charge on any atom is 0.411 e. The zero-order valence-electron chi connectivity index (χ0n) is 12.7. The second kappa shape index (κ2) is 5.96.